The van der Waals surface area contributed by atoms with Crippen LogP contribution in [0.15, 0.2) is 24.3 Å². The number of nitrogens with one attached hydrogen (secondary N) is 1. The van der Waals surface area contributed by atoms with Crippen molar-refractivity contribution in [3.63, 3.8) is 0 Å². The smallest absolute Gasteiger partial charge is 0.0441 e. The first kappa shape index (κ1) is 13.5. The molecule has 0 bridgehead atoms. The maximum atomic E-state index is 6.48. The lowest BCUT2D eigenvalue weighted by molar-refractivity contribution is 0.103. The Kier molecular flexibility index (Phi) is 3.86. The first-order valence-electron chi connectivity index (χ1n) is 7.73. The highest BCUT2D eigenvalue weighted by Gasteiger charge is 2.49. The van der Waals surface area contributed by atoms with E-state index in [1.807, 2.05) is 6.07 Å². The number of benzene rings is 1. The second-order valence-corrected chi connectivity index (χ2v) is 6.67. The van der Waals surface area contributed by atoms with Crippen molar-refractivity contribution >= 4 is 11.6 Å². The Morgan fingerprint density at radius 3 is 2.95 bits per heavy atom. The zero-order valence-corrected chi connectivity index (χ0v) is 12.5. The summed E-state index contributed by atoms with van der Waals surface area (Å²) in [5.41, 5.74) is 1.88. The summed E-state index contributed by atoms with van der Waals surface area (Å²) < 4.78 is 0. The van der Waals surface area contributed by atoms with Gasteiger partial charge in [-0.05, 0) is 48.8 Å². The molecule has 3 unspecified atom stereocenters. The number of piperidine rings is 1. The molecule has 1 aliphatic carbocycles. The molecule has 2 aliphatic rings. The highest BCUT2D eigenvalue weighted by atomic mass is 35.5. The SMILES string of the molecule is CCC1CCCC12CCNCC2c1ccccc1Cl. The standard InChI is InChI=1S/C17H24ClN/c1-2-13-6-5-9-17(13)10-11-19-12-15(17)14-7-3-4-8-16(14)18/h3-4,7-8,13,15,19H,2,5-6,9-12H2,1H3. The topological polar surface area (TPSA) is 12.0 Å². The van der Waals surface area contributed by atoms with E-state index in [2.05, 4.69) is 30.4 Å². The van der Waals surface area contributed by atoms with Crippen molar-refractivity contribution in [3.8, 4) is 0 Å². The van der Waals surface area contributed by atoms with E-state index in [0.29, 0.717) is 11.3 Å². The summed E-state index contributed by atoms with van der Waals surface area (Å²) >= 11 is 6.48. The lowest BCUT2D eigenvalue weighted by Gasteiger charge is -2.46. The Morgan fingerprint density at radius 1 is 1.32 bits per heavy atom. The van der Waals surface area contributed by atoms with Gasteiger partial charge in [-0.25, -0.2) is 0 Å². The molecule has 0 radical (unpaired) electrons. The van der Waals surface area contributed by atoms with Crippen molar-refractivity contribution in [1.29, 1.82) is 0 Å². The summed E-state index contributed by atoms with van der Waals surface area (Å²) in [6.45, 7) is 4.64. The molecule has 3 rings (SSSR count). The fraction of sp³-hybridized carbons (Fsp3) is 0.647. The van der Waals surface area contributed by atoms with Crippen LogP contribution >= 0.6 is 11.6 Å². The van der Waals surface area contributed by atoms with Crippen molar-refractivity contribution in [2.24, 2.45) is 11.3 Å². The Bertz CT molecular complexity index is 445. The molecule has 2 fully saturated rings. The number of rotatable bonds is 2. The Balaban J connectivity index is 2.00. The zero-order chi connectivity index (χ0) is 13.3. The Labute approximate surface area is 121 Å². The van der Waals surface area contributed by atoms with E-state index in [-0.39, 0.29) is 0 Å². The number of hydrogen-bond donors (Lipinski definition) is 1. The maximum absolute atomic E-state index is 6.48. The van der Waals surface area contributed by atoms with Gasteiger partial charge in [0, 0.05) is 17.5 Å². The van der Waals surface area contributed by atoms with Gasteiger partial charge in [-0.3, -0.25) is 0 Å². The minimum atomic E-state index is 0.505. The van der Waals surface area contributed by atoms with Crippen LogP contribution in [-0.4, -0.2) is 13.1 Å². The fourth-order valence-electron chi connectivity index (χ4n) is 4.69. The summed E-state index contributed by atoms with van der Waals surface area (Å²) in [4.78, 5) is 0. The van der Waals surface area contributed by atoms with Gasteiger partial charge < -0.3 is 5.32 Å². The molecule has 1 heterocycles. The van der Waals surface area contributed by atoms with Crippen LogP contribution in [0.25, 0.3) is 0 Å². The molecule has 1 saturated carbocycles. The molecule has 2 heteroatoms. The summed E-state index contributed by atoms with van der Waals surface area (Å²) in [5.74, 6) is 1.48. The normalized spacial score (nSPS) is 34.8. The Hall–Kier alpha value is -0.530. The molecule has 1 aliphatic heterocycles. The molecular formula is C17H24ClN. The van der Waals surface area contributed by atoms with Crippen molar-refractivity contribution in [2.45, 2.75) is 44.9 Å². The van der Waals surface area contributed by atoms with Crippen LogP contribution in [0.3, 0.4) is 0 Å². The lowest BCUT2D eigenvalue weighted by atomic mass is 9.61. The average molecular weight is 278 g/mol. The van der Waals surface area contributed by atoms with Gasteiger partial charge in [0.05, 0.1) is 0 Å². The van der Waals surface area contributed by atoms with Gasteiger partial charge in [-0.2, -0.15) is 0 Å². The molecular weight excluding hydrogens is 254 g/mol. The highest BCUT2D eigenvalue weighted by Crippen LogP contribution is 2.57. The van der Waals surface area contributed by atoms with E-state index in [1.54, 1.807) is 0 Å². The van der Waals surface area contributed by atoms with Crippen LogP contribution in [0, 0.1) is 11.3 Å². The fourth-order valence-corrected chi connectivity index (χ4v) is 4.96. The summed E-state index contributed by atoms with van der Waals surface area (Å²) in [6.07, 6.45) is 6.85. The molecule has 1 N–H and O–H groups in total. The highest BCUT2D eigenvalue weighted by molar-refractivity contribution is 6.31. The zero-order valence-electron chi connectivity index (χ0n) is 11.8. The maximum Gasteiger partial charge on any atom is 0.0441 e. The molecule has 1 aromatic carbocycles. The lowest BCUT2D eigenvalue weighted by Crippen LogP contribution is -2.45. The molecule has 0 aromatic heterocycles. The Morgan fingerprint density at radius 2 is 2.16 bits per heavy atom. The van der Waals surface area contributed by atoms with Gasteiger partial charge in [0.15, 0.2) is 0 Å². The largest absolute Gasteiger partial charge is 0.316 e. The third-order valence-electron chi connectivity index (χ3n) is 5.59. The molecule has 1 spiro atoms. The van der Waals surface area contributed by atoms with Crippen LogP contribution in [0.1, 0.15) is 50.5 Å². The monoisotopic (exact) mass is 277 g/mol. The van der Waals surface area contributed by atoms with Gasteiger partial charge in [0.2, 0.25) is 0 Å². The third kappa shape index (κ3) is 2.21. The summed E-state index contributed by atoms with van der Waals surface area (Å²) in [7, 11) is 0. The van der Waals surface area contributed by atoms with E-state index >= 15 is 0 Å². The van der Waals surface area contributed by atoms with E-state index in [0.717, 1.165) is 17.5 Å². The first-order chi connectivity index (χ1) is 9.28. The summed E-state index contributed by atoms with van der Waals surface area (Å²) in [6, 6.07) is 8.47. The first-order valence-corrected chi connectivity index (χ1v) is 8.11. The van der Waals surface area contributed by atoms with Crippen LogP contribution in [0.5, 0.6) is 0 Å². The molecule has 1 aromatic rings. The van der Waals surface area contributed by atoms with Crippen LogP contribution < -0.4 is 5.32 Å². The minimum absolute atomic E-state index is 0.505. The van der Waals surface area contributed by atoms with Crippen molar-refractivity contribution in [3.05, 3.63) is 34.9 Å². The minimum Gasteiger partial charge on any atom is -0.316 e. The van der Waals surface area contributed by atoms with E-state index in [9.17, 15) is 0 Å². The number of halogens is 1. The van der Waals surface area contributed by atoms with Gasteiger partial charge in [-0.1, -0.05) is 49.6 Å². The second-order valence-electron chi connectivity index (χ2n) is 6.26. The van der Waals surface area contributed by atoms with Crippen molar-refractivity contribution < 1.29 is 0 Å². The van der Waals surface area contributed by atoms with E-state index < -0.39 is 0 Å². The van der Waals surface area contributed by atoms with Crippen LogP contribution in [-0.2, 0) is 0 Å². The van der Waals surface area contributed by atoms with Gasteiger partial charge >= 0.3 is 0 Å². The van der Waals surface area contributed by atoms with E-state index in [4.69, 9.17) is 11.6 Å². The third-order valence-corrected chi connectivity index (χ3v) is 5.94. The second kappa shape index (κ2) is 5.46. The predicted octanol–water partition coefficient (Wildman–Crippen LogP) is 4.61. The van der Waals surface area contributed by atoms with Gasteiger partial charge in [-0.15, -0.1) is 0 Å². The molecule has 1 nitrogen and oxygen atoms in total. The summed E-state index contributed by atoms with van der Waals surface area (Å²) in [5, 5.41) is 4.55. The van der Waals surface area contributed by atoms with Crippen LogP contribution in [0.2, 0.25) is 5.02 Å². The van der Waals surface area contributed by atoms with E-state index in [1.165, 1.54) is 44.2 Å². The molecule has 0 amide bonds. The van der Waals surface area contributed by atoms with Gasteiger partial charge in [0.1, 0.15) is 0 Å². The number of hydrogen-bond acceptors (Lipinski definition) is 1. The molecule has 19 heavy (non-hydrogen) atoms. The molecule has 1 saturated heterocycles. The quantitative estimate of drug-likeness (QED) is 0.832. The molecule has 104 valence electrons. The van der Waals surface area contributed by atoms with Crippen molar-refractivity contribution in [2.75, 3.05) is 13.1 Å². The van der Waals surface area contributed by atoms with Crippen molar-refractivity contribution in [1.82, 2.24) is 5.32 Å². The molecule has 3 atom stereocenters. The average Bonchev–Trinajstić information content (AvgIpc) is 2.83. The predicted molar refractivity (Wildman–Crippen MR) is 81.7 cm³/mol. The van der Waals surface area contributed by atoms with Gasteiger partial charge in [0.25, 0.3) is 0 Å². The van der Waals surface area contributed by atoms with Crippen LogP contribution in [0.4, 0.5) is 0 Å².